The molecule has 0 amide bonds. The van der Waals surface area contributed by atoms with Crippen molar-refractivity contribution in [3.8, 4) is 0 Å². The van der Waals surface area contributed by atoms with Gasteiger partial charge in [-0.2, -0.15) is 0 Å². The van der Waals surface area contributed by atoms with Crippen LogP contribution in [0, 0.1) is 17.8 Å². The van der Waals surface area contributed by atoms with E-state index in [4.69, 9.17) is 10.8 Å². The Labute approximate surface area is 173 Å². The number of carbonyl (C=O) groups is 2. The van der Waals surface area contributed by atoms with E-state index in [-0.39, 0.29) is 5.92 Å². The van der Waals surface area contributed by atoms with E-state index in [1.54, 1.807) is 0 Å². The second-order valence-electron chi connectivity index (χ2n) is 9.01. The van der Waals surface area contributed by atoms with Crippen molar-refractivity contribution in [2.24, 2.45) is 23.5 Å². The number of aliphatic carboxylic acids is 1. The summed E-state index contributed by atoms with van der Waals surface area (Å²) < 4.78 is 0. The molecule has 0 aliphatic heterocycles. The summed E-state index contributed by atoms with van der Waals surface area (Å²) in [5.74, 6) is 0.568. The molecule has 0 radical (unpaired) electrons. The molecule has 4 atom stereocenters. The zero-order chi connectivity index (χ0) is 20.6. The minimum absolute atomic E-state index is 0.242. The van der Waals surface area contributed by atoms with Gasteiger partial charge in [-0.3, -0.25) is 4.79 Å². The van der Waals surface area contributed by atoms with Crippen LogP contribution in [0.1, 0.15) is 116 Å². The van der Waals surface area contributed by atoms with E-state index in [2.05, 4.69) is 6.92 Å². The maximum atomic E-state index is 11.2. The summed E-state index contributed by atoms with van der Waals surface area (Å²) in [6, 6.07) is -0.740. The summed E-state index contributed by atoms with van der Waals surface area (Å²) in [4.78, 5) is 22.0. The van der Waals surface area contributed by atoms with Crippen LogP contribution in [0.5, 0.6) is 0 Å². The van der Waals surface area contributed by atoms with Gasteiger partial charge in [-0.05, 0) is 31.1 Å². The number of hydrogen-bond acceptors (Lipinski definition) is 3. The largest absolute Gasteiger partial charge is 0.480 e. The van der Waals surface area contributed by atoms with Gasteiger partial charge in [0.1, 0.15) is 12.3 Å². The van der Waals surface area contributed by atoms with E-state index in [1.807, 2.05) is 0 Å². The molecule has 1 aliphatic rings. The monoisotopic (exact) mass is 395 g/mol. The first-order valence-corrected chi connectivity index (χ1v) is 12.0. The third kappa shape index (κ3) is 10.6. The lowest BCUT2D eigenvalue weighted by atomic mass is 9.62. The molecular weight excluding hydrogens is 350 g/mol. The highest BCUT2D eigenvalue weighted by Gasteiger charge is 2.39. The Bertz CT molecular complexity index is 413. The summed E-state index contributed by atoms with van der Waals surface area (Å²) in [6.07, 6.45) is 22.0. The number of carboxylic acid groups (broad SMARTS) is 1. The first-order chi connectivity index (χ1) is 13.6. The fraction of sp³-hybridized carbons (Fsp3) is 0.917. The fourth-order valence-electron chi connectivity index (χ4n) is 4.73. The van der Waals surface area contributed by atoms with Crippen molar-refractivity contribution in [1.82, 2.24) is 0 Å². The van der Waals surface area contributed by atoms with Gasteiger partial charge in [-0.15, -0.1) is 0 Å². The molecule has 164 valence electrons. The predicted octanol–water partition coefficient (Wildman–Crippen LogP) is 6.11. The quantitative estimate of drug-likeness (QED) is 0.204. The van der Waals surface area contributed by atoms with Crippen molar-refractivity contribution in [3.63, 3.8) is 0 Å². The number of hydrogen-bond donors (Lipinski definition) is 2. The van der Waals surface area contributed by atoms with Gasteiger partial charge in [-0.25, -0.2) is 0 Å². The van der Waals surface area contributed by atoms with E-state index >= 15 is 0 Å². The third-order valence-electron chi connectivity index (χ3n) is 6.70. The van der Waals surface area contributed by atoms with Gasteiger partial charge in [0, 0.05) is 5.92 Å². The Balaban J connectivity index is 2.01. The third-order valence-corrected chi connectivity index (χ3v) is 6.70. The maximum absolute atomic E-state index is 11.2. The minimum atomic E-state index is -0.913. The zero-order valence-corrected chi connectivity index (χ0v) is 18.2. The topological polar surface area (TPSA) is 80.4 Å². The summed E-state index contributed by atoms with van der Waals surface area (Å²) in [5, 5.41) is 8.83. The summed E-state index contributed by atoms with van der Waals surface area (Å²) >= 11 is 0. The van der Waals surface area contributed by atoms with E-state index in [9.17, 15) is 9.59 Å². The molecule has 0 saturated heterocycles. The van der Waals surface area contributed by atoms with Crippen molar-refractivity contribution in [2.75, 3.05) is 0 Å². The Hall–Kier alpha value is -0.900. The highest BCUT2D eigenvalue weighted by atomic mass is 16.4. The second-order valence-corrected chi connectivity index (χ2v) is 9.01. The molecule has 0 aromatic carbocycles. The molecule has 0 heterocycles. The summed E-state index contributed by atoms with van der Waals surface area (Å²) in [5.41, 5.74) is 5.56. The van der Waals surface area contributed by atoms with Crippen LogP contribution in [0.4, 0.5) is 0 Å². The van der Waals surface area contributed by atoms with Crippen LogP contribution in [0.2, 0.25) is 0 Å². The number of aldehydes is 1. The van der Waals surface area contributed by atoms with Gasteiger partial charge in [0.2, 0.25) is 0 Å². The number of carboxylic acids is 1. The molecule has 4 nitrogen and oxygen atoms in total. The minimum Gasteiger partial charge on any atom is -0.480 e. The van der Waals surface area contributed by atoms with E-state index in [0.717, 1.165) is 32.0 Å². The molecular formula is C24H45NO3. The smallest absolute Gasteiger partial charge is 0.320 e. The highest BCUT2D eigenvalue weighted by molar-refractivity contribution is 5.72. The summed E-state index contributed by atoms with van der Waals surface area (Å²) in [7, 11) is 0. The molecule has 4 heteroatoms. The Kier molecular flexibility index (Phi) is 14.3. The normalized spacial score (nSPS) is 22.6. The number of rotatable bonds is 19. The van der Waals surface area contributed by atoms with E-state index in [1.165, 1.54) is 77.0 Å². The first kappa shape index (κ1) is 25.1. The van der Waals surface area contributed by atoms with Crippen molar-refractivity contribution in [2.45, 2.75) is 122 Å². The van der Waals surface area contributed by atoms with Crippen LogP contribution in [0.3, 0.4) is 0 Å². The molecule has 0 spiro atoms. The standard InChI is InChI=1S/C24H45NO3/c1-2-3-4-5-6-7-8-9-10-11-12-15-20-18-21(19-26)22(20)16-13-14-17-23(25)24(27)28/h19-23H,2-18,25H2,1H3,(H,27,28). The second kappa shape index (κ2) is 16.0. The Morgan fingerprint density at radius 2 is 1.46 bits per heavy atom. The average Bonchev–Trinajstić information content (AvgIpc) is 2.67. The zero-order valence-electron chi connectivity index (χ0n) is 18.2. The SMILES string of the molecule is CCCCCCCCCCCCCC1CC(C=O)C1CCCCC(N)C(=O)O. The van der Waals surface area contributed by atoms with Crippen LogP contribution in [0.15, 0.2) is 0 Å². The van der Waals surface area contributed by atoms with Crippen molar-refractivity contribution in [3.05, 3.63) is 0 Å². The van der Waals surface area contributed by atoms with Crippen LogP contribution in [0.25, 0.3) is 0 Å². The van der Waals surface area contributed by atoms with Crippen LogP contribution in [-0.4, -0.2) is 23.4 Å². The molecule has 28 heavy (non-hydrogen) atoms. The molecule has 0 aromatic rings. The van der Waals surface area contributed by atoms with Crippen molar-refractivity contribution < 1.29 is 14.7 Å². The fourth-order valence-corrected chi connectivity index (χ4v) is 4.73. The van der Waals surface area contributed by atoms with E-state index in [0.29, 0.717) is 18.3 Å². The molecule has 0 aromatic heterocycles. The van der Waals surface area contributed by atoms with Crippen LogP contribution in [-0.2, 0) is 9.59 Å². The lowest BCUT2D eigenvalue weighted by Crippen LogP contribution is -2.37. The predicted molar refractivity (Wildman–Crippen MR) is 116 cm³/mol. The molecule has 1 aliphatic carbocycles. The Morgan fingerprint density at radius 1 is 0.929 bits per heavy atom. The van der Waals surface area contributed by atoms with Crippen LogP contribution < -0.4 is 5.73 Å². The molecule has 1 saturated carbocycles. The van der Waals surface area contributed by atoms with Gasteiger partial charge >= 0.3 is 5.97 Å². The van der Waals surface area contributed by atoms with Gasteiger partial charge in [0.15, 0.2) is 0 Å². The molecule has 0 bridgehead atoms. The molecule has 1 fully saturated rings. The molecule has 4 unspecified atom stereocenters. The number of nitrogens with two attached hydrogens (primary N) is 1. The lowest BCUT2D eigenvalue weighted by Gasteiger charge is -2.42. The molecule has 1 rings (SSSR count). The van der Waals surface area contributed by atoms with Crippen LogP contribution >= 0.6 is 0 Å². The van der Waals surface area contributed by atoms with Crippen molar-refractivity contribution in [1.29, 1.82) is 0 Å². The average molecular weight is 396 g/mol. The van der Waals surface area contributed by atoms with E-state index < -0.39 is 12.0 Å². The number of unbranched alkanes of at least 4 members (excludes halogenated alkanes) is 11. The van der Waals surface area contributed by atoms with Gasteiger partial charge in [-0.1, -0.05) is 96.8 Å². The van der Waals surface area contributed by atoms with Gasteiger partial charge in [0.05, 0.1) is 0 Å². The molecule has 3 N–H and O–H groups in total. The van der Waals surface area contributed by atoms with Gasteiger partial charge < -0.3 is 15.6 Å². The Morgan fingerprint density at radius 3 is 2.00 bits per heavy atom. The highest BCUT2D eigenvalue weighted by Crippen LogP contribution is 2.45. The number of carbonyl (C=O) groups excluding carboxylic acids is 1. The summed E-state index contributed by atoms with van der Waals surface area (Å²) in [6.45, 7) is 2.27. The lowest BCUT2D eigenvalue weighted by molar-refractivity contribution is -0.138. The first-order valence-electron chi connectivity index (χ1n) is 12.0. The van der Waals surface area contributed by atoms with Crippen molar-refractivity contribution >= 4 is 12.3 Å². The maximum Gasteiger partial charge on any atom is 0.320 e. The van der Waals surface area contributed by atoms with Gasteiger partial charge in [0.25, 0.3) is 0 Å².